The number of halogens is 1. The first-order valence-electron chi connectivity index (χ1n) is 6.85. The van der Waals surface area contributed by atoms with Crippen LogP contribution in [0.5, 0.6) is 0 Å². The molecule has 118 valence electrons. The summed E-state index contributed by atoms with van der Waals surface area (Å²) in [4.78, 5) is 26.1. The van der Waals surface area contributed by atoms with Crippen LogP contribution in [-0.4, -0.2) is 48.6 Å². The number of nitrogens with zero attached hydrogens (tertiary/aromatic N) is 3. The van der Waals surface area contributed by atoms with E-state index in [2.05, 4.69) is 11.9 Å². The first kappa shape index (κ1) is 16.1. The van der Waals surface area contributed by atoms with Crippen molar-refractivity contribution in [1.82, 2.24) is 10.2 Å². The van der Waals surface area contributed by atoms with Crippen LogP contribution >= 0.6 is 11.6 Å². The molecule has 1 saturated heterocycles. The van der Waals surface area contributed by atoms with E-state index < -0.39 is 4.92 Å². The van der Waals surface area contributed by atoms with Crippen molar-refractivity contribution < 1.29 is 9.72 Å². The molecule has 1 aliphatic rings. The van der Waals surface area contributed by atoms with Gasteiger partial charge in [0, 0.05) is 43.8 Å². The van der Waals surface area contributed by atoms with Gasteiger partial charge in [0.05, 0.1) is 4.92 Å². The van der Waals surface area contributed by atoms with E-state index in [1.54, 1.807) is 23.1 Å². The summed E-state index contributed by atoms with van der Waals surface area (Å²) in [6.45, 7) is 6.03. The van der Waals surface area contributed by atoms with Crippen LogP contribution in [0.2, 0.25) is 5.02 Å². The molecule has 0 unspecified atom stereocenters. The van der Waals surface area contributed by atoms with Gasteiger partial charge in [0.1, 0.15) is 5.69 Å². The number of urea groups is 1. The van der Waals surface area contributed by atoms with Gasteiger partial charge in [0.15, 0.2) is 0 Å². The molecule has 1 aromatic carbocycles. The van der Waals surface area contributed by atoms with Crippen molar-refractivity contribution in [3.05, 3.63) is 46.0 Å². The molecule has 2 amide bonds. The summed E-state index contributed by atoms with van der Waals surface area (Å²) in [6.07, 6.45) is 1.62. The van der Waals surface area contributed by atoms with Gasteiger partial charge in [-0.25, -0.2) is 4.79 Å². The van der Waals surface area contributed by atoms with Gasteiger partial charge in [-0.05, 0) is 12.1 Å². The van der Waals surface area contributed by atoms with Crippen molar-refractivity contribution in [1.29, 1.82) is 0 Å². The molecular weight excluding hydrogens is 308 g/mol. The summed E-state index contributed by atoms with van der Waals surface area (Å²) in [5.74, 6) is 0. The molecule has 2 rings (SSSR count). The van der Waals surface area contributed by atoms with Gasteiger partial charge in [-0.1, -0.05) is 17.7 Å². The van der Waals surface area contributed by atoms with Crippen LogP contribution in [0.4, 0.5) is 16.2 Å². The second kappa shape index (κ2) is 7.13. The van der Waals surface area contributed by atoms with Gasteiger partial charge in [0.2, 0.25) is 0 Å². The third kappa shape index (κ3) is 3.67. The minimum absolute atomic E-state index is 0.0166. The number of benzene rings is 1. The van der Waals surface area contributed by atoms with Crippen molar-refractivity contribution in [3.8, 4) is 0 Å². The minimum atomic E-state index is -0.440. The molecule has 0 spiro atoms. The number of carbonyl (C=O) groups excluding carboxylic acids is 1. The predicted octanol–water partition coefficient (Wildman–Crippen LogP) is 2.27. The van der Waals surface area contributed by atoms with E-state index in [9.17, 15) is 14.9 Å². The van der Waals surface area contributed by atoms with Gasteiger partial charge in [0.25, 0.3) is 5.69 Å². The maximum Gasteiger partial charge on any atom is 0.317 e. The first-order valence-corrected chi connectivity index (χ1v) is 7.23. The molecule has 1 aromatic rings. The molecule has 7 nitrogen and oxygen atoms in total. The number of carbonyl (C=O) groups is 1. The number of amides is 2. The molecule has 1 aliphatic heterocycles. The SMILES string of the molecule is C=CCNC(=O)N1CCN(c2ccc(Cl)cc2[N+](=O)[O-])CC1. The molecule has 0 bridgehead atoms. The maximum atomic E-state index is 11.8. The van der Waals surface area contributed by atoms with Gasteiger partial charge in [-0.3, -0.25) is 10.1 Å². The number of nitrogens with one attached hydrogen (secondary N) is 1. The maximum absolute atomic E-state index is 11.8. The normalized spacial score (nSPS) is 14.6. The van der Waals surface area contributed by atoms with Crippen LogP contribution in [-0.2, 0) is 0 Å². The van der Waals surface area contributed by atoms with Crippen LogP contribution < -0.4 is 10.2 Å². The molecule has 1 N–H and O–H groups in total. The Kier molecular flexibility index (Phi) is 5.21. The Morgan fingerprint density at radius 3 is 2.68 bits per heavy atom. The lowest BCUT2D eigenvalue weighted by Crippen LogP contribution is -2.52. The smallest absolute Gasteiger partial charge is 0.317 e. The predicted molar refractivity (Wildman–Crippen MR) is 85.5 cm³/mol. The Bertz CT molecular complexity index is 585. The third-order valence-corrected chi connectivity index (χ3v) is 3.67. The lowest BCUT2D eigenvalue weighted by Gasteiger charge is -2.35. The highest BCUT2D eigenvalue weighted by Crippen LogP contribution is 2.31. The van der Waals surface area contributed by atoms with E-state index in [4.69, 9.17) is 11.6 Å². The Balaban J connectivity index is 2.04. The van der Waals surface area contributed by atoms with E-state index in [-0.39, 0.29) is 11.7 Å². The van der Waals surface area contributed by atoms with Crippen LogP contribution in [0, 0.1) is 10.1 Å². The van der Waals surface area contributed by atoms with Gasteiger partial charge < -0.3 is 15.1 Å². The van der Waals surface area contributed by atoms with Crippen LogP contribution in [0.25, 0.3) is 0 Å². The number of nitro benzene ring substituents is 1. The van der Waals surface area contributed by atoms with E-state index >= 15 is 0 Å². The molecule has 0 saturated carbocycles. The second-order valence-electron chi connectivity index (χ2n) is 4.84. The standard InChI is InChI=1S/C14H17ClN4O3/c1-2-5-16-14(20)18-8-6-17(7-9-18)12-4-3-11(15)10-13(12)19(21)22/h2-4,10H,1,5-9H2,(H,16,20). The molecule has 0 aromatic heterocycles. The minimum Gasteiger partial charge on any atom is -0.362 e. The van der Waals surface area contributed by atoms with Crippen molar-refractivity contribution in [2.75, 3.05) is 37.6 Å². The number of piperazine rings is 1. The number of anilines is 1. The van der Waals surface area contributed by atoms with Gasteiger partial charge >= 0.3 is 6.03 Å². The molecule has 8 heteroatoms. The Labute approximate surface area is 133 Å². The molecule has 1 fully saturated rings. The van der Waals surface area contributed by atoms with E-state index in [0.717, 1.165) is 0 Å². The zero-order chi connectivity index (χ0) is 16.1. The molecule has 0 aliphatic carbocycles. The summed E-state index contributed by atoms with van der Waals surface area (Å²) in [7, 11) is 0. The van der Waals surface area contributed by atoms with E-state index in [0.29, 0.717) is 43.4 Å². The lowest BCUT2D eigenvalue weighted by atomic mass is 10.2. The number of hydrogen-bond donors (Lipinski definition) is 1. The quantitative estimate of drug-likeness (QED) is 0.523. The number of hydrogen-bond acceptors (Lipinski definition) is 4. The molecule has 1 heterocycles. The molecule has 22 heavy (non-hydrogen) atoms. The lowest BCUT2D eigenvalue weighted by molar-refractivity contribution is -0.384. The van der Waals surface area contributed by atoms with Crippen molar-refractivity contribution >= 4 is 29.0 Å². The highest BCUT2D eigenvalue weighted by atomic mass is 35.5. The largest absolute Gasteiger partial charge is 0.362 e. The van der Waals surface area contributed by atoms with E-state index in [1.165, 1.54) is 6.07 Å². The van der Waals surface area contributed by atoms with Crippen molar-refractivity contribution in [2.24, 2.45) is 0 Å². The fraction of sp³-hybridized carbons (Fsp3) is 0.357. The molecular formula is C14H17ClN4O3. The topological polar surface area (TPSA) is 78.7 Å². The second-order valence-corrected chi connectivity index (χ2v) is 5.28. The average molecular weight is 325 g/mol. The van der Waals surface area contributed by atoms with Crippen LogP contribution in [0.1, 0.15) is 0 Å². The first-order chi connectivity index (χ1) is 10.5. The summed E-state index contributed by atoms with van der Waals surface area (Å²) in [5, 5.41) is 14.2. The van der Waals surface area contributed by atoms with Gasteiger partial charge in [-0.2, -0.15) is 0 Å². The summed E-state index contributed by atoms with van der Waals surface area (Å²) < 4.78 is 0. The summed E-state index contributed by atoms with van der Waals surface area (Å²) in [6, 6.07) is 4.48. The molecule has 0 radical (unpaired) electrons. The Hall–Kier alpha value is -2.28. The monoisotopic (exact) mass is 324 g/mol. The number of rotatable bonds is 4. The Morgan fingerprint density at radius 1 is 1.41 bits per heavy atom. The highest BCUT2D eigenvalue weighted by Gasteiger charge is 2.25. The highest BCUT2D eigenvalue weighted by molar-refractivity contribution is 6.30. The zero-order valence-electron chi connectivity index (χ0n) is 12.0. The van der Waals surface area contributed by atoms with Crippen molar-refractivity contribution in [3.63, 3.8) is 0 Å². The van der Waals surface area contributed by atoms with Gasteiger partial charge in [-0.15, -0.1) is 6.58 Å². The average Bonchev–Trinajstić information content (AvgIpc) is 2.52. The van der Waals surface area contributed by atoms with Crippen LogP contribution in [0.15, 0.2) is 30.9 Å². The van der Waals surface area contributed by atoms with Crippen molar-refractivity contribution in [2.45, 2.75) is 0 Å². The summed E-state index contributed by atoms with van der Waals surface area (Å²) in [5.41, 5.74) is 0.512. The molecule has 0 atom stereocenters. The fourth-order valence-corrected chi connectivity index (χ4v) is 2.50. The fourth-order valence-electron chi connectivity index (χ4n) is 2.33. The van der Waals surface area contributed by atoms with Crippen LogP contribution in [0.3, 0.4) is 0 Å². The zero-order valence-corrected chi connectivity index (χ0v) is 12.8. The number of nitro groups is 1. The Morgan fingerprint density at radius 2 is 2.09 bits per heavy atom. The summed E-state index contributed by atoms with van der Waals surface area (Å²) >= 11 is 5.82. The van der Waals surface area contributed by atoms with E-state index in [1.807, 2.05) is 4.90 Å². The third-order valence-electron chi connectivity index (χ3n) is 3.44.